The van der Waals surface area contributed by atoms with Crippen LogP contribution in [-0.2, 0) is 16.0 Å². The molecule has 0 amide bonds. The zero-order valence-corrected chi connectivity index (χ0v) is 24.5. The number of aryl methyl sites for hydroxylation is 1. The van der Waals surface area contributed by atoms with E-state index >= 15 is 0 Å². The average molecular weight is 569 g/mol. The van der Waals surface area contributed by atoms with Crippen molar-refractivity contribution in [2.75, 3.05) is 13.2 Å². The number of para-hydroxylation sites is 1. The Bertz CT molecular complexity index is 1300. The van der Waals surface area contributed by atoms with Crippen LogP contribution in [0.4, 0.5) is 0 Å². The number of ether oxygens (including phenoxy) is 1. The Balaban J connectivity index is 1.36. The fraction of sp³-hybridized carbons (Fsp3) is 0.405. The maximum atomic E-state index is 12.0. The minimum atomic E-state index is -0.715. The smallest absolute Gasteiger partial charge is 0.303 e. The van der Waals surface area contributed by atoms with Crippen LogP contribution in [0.5, 0.6) is 5.75 Å². The summed E-state index contributed by atoms with van der Waals surface area (Å²) in [7, 11) is 0. The third kappa shape index (κ3) is 10.3. The predicted octanol–water partition coefficient (Wildman–Crippen LogP) is 7.91. The van der Waals surface area contributed by atoms with Gasteiger partial charge in [-0.05, 0) is 87.2 Å². The van der Waals surface area contributed by atoms with Crippen LogP contribution in [0.2, 0.25) is 0 Å². The Morgan fingerprint density at radius 2 is 1.74 bits per heavy atom. The van der Waals surface area contributed by atoms with E-state index in [1.807, 2.05) is 30.4 Å². The Morgan fingerprint density at radius 1 is 0.952 bits per heavy atom. The molecule has 0 saturated heterocycles. The number of carboxylic acid groups (broad SMARTS) is 1. The predicted molar refractivity (Wildman–Crippen MR) is 168 cm³/mol. The molecule has 5 heteroatoms. The van der Waals surface area contributed by atoms with Gasteiger partial charge in [0.15, 0.2) is 5.78 Å². The van der Waals surface area contributed by atoms with E-state index in [4.69, 9.17) is 4.74 Å². The Hall–Kier alpha value is -3.70. The van der Waals surface area contributed by atoms with Gasteiger partial charge < -0.3 is 14.9 Å². The molecule has 1 fully saturated rings. The van der Waals surface area contributed by atoms with Crippen LogP contribution in [0.25, 0.3) is 6.08 Å². The topological polar surface area (TPSA) is 83.8 Å². The van der Waals surface area contributed by atoms with Gasteiger partial charge in [0, 0.05) is 11.1 Å². The molecule has 0 aliphatic heterocycles. The minimum absolute atomic E-state index is 0.0601. The summed E-state index contributed by atoms with van der Waals surface area (Å²) in [6, 6.07) is 18.7. The lowest BCUT2D eigenvalue weighted by Gasteiger charge is -2.18. The number of hydrogen-bond donors (Lipinski definition) is 2. The van der Waals surface area contributed by atoms with Crippen LogP contribution in [0.15, 0.2) is 96.1 Å². The van der Waals surface area contributed by atoms with Gasteiger partial charge in [0.2, 0.25) is 0 Å². The van der Waals surface area contributed by atoms with Gasteiger partial charge in [-0.25, -0.2) is 0 Å². The number of carbonyl (C=O) groups excluding carboxylic acids is 1. The van der Waals surface area contributed by atoms with Crippen molar-refractivity contribution in [3.05, 3.63) is 107 Å². The van der Waals surface area contributed by atoms with Crippen LogP contribution >= 0.6 is 0 Å². The summed E-state index contributed by atoms with van der Waals surface area (Å²) in [6.07, 6.45) is 22.0. The maximum absolute atomic E-state index is 12.0. The molecule has 0 spiro atoms. The lowest BCUT2D eigenvalue weighted by molar-refractivity contribution is -0.138. The van der Waals surface area contributed by atoms with Gasteiger partial charge >= 0.3 is 5.97 Å². The van der Waals surface area contributed by atoms with Crippen molar-refractivity contribution in [3.63, 3.8) is 0 Å². The van der Waals surface area contributed by atoms with E-state index in [9.17, 15) is 19.8 Å². The molecule has 222 valence electrons. The molecule has 5 nitrogen and oxygen atoms in total. The number of ketones is 1. The fourth-order valence-electron chi connectivity index (χ4n) is 5.62. The average Bonchev–Trinajstić information content (AvgIpc) is 3.80. The molecule has 1 saturated carbocycles. The van der Waals surface area contributed by atoms with E-state index in [0.717, 1.165) is 74.7 Å². The molecule has 2 aromatic rings. The number of allylic oxidation sites excluding steroid dienone is 6. The number of rotatable bonds is 18. The molecule has 1 atom stereocenters. The number of aliphatic carboxylic acids is 1. The molecule has 0 heterocycles. The quantitative estimate of drug-likeness (QED) is 0.179. The first-order valence-electron chi connectivity index (χ1n) is 15.3. The van der Waals surface area contributed by atoms with Gasteiger partial charge in [-0.2, -0.15) is 0 Å². The minimum Gasteiger partial charge on any atom is -0.493 e. The van der Waals surface area contributed by atoms with Gasteiger partial charge in [0.1, 0.15) is 12.4 Å². The zero-order chi connectivity index (χ0) is 29.6. The zero-order valence-electron chi connectivity index (χ0n) is 24.5. The first kappa shape index (κ1) is 31.2. The molecule has 2 aliphatic rings. The van der Waals surface area contributed by atoms with Crippen LogP contribution in [0, 0.1) is 11.3 Å². The van der Waals surface area contributed by atoms with Crippen molar-refractivity contribution in [3.8, 4) is 5.75 Å². The monoisotopic (exact) mass is 568 g/mol. The summed E-state index contributed by atoms with van der Waals surface area (Å²) in [6.45, 7) is 0.193. The van der Waals surface area contributed by atoms with E-state index < -0.39 is 12.6 Å². The number of carbonyl (C=O) groups is 2. The number of benzene rings is 2. The normalized spacial score (nSPS) is 16.4. The number of aliphatic hydroxyl groups is 1. The fourth-order valence-corrected chi connectivity index (χ4v) is 5.62. The molecular formula is C37H44O5. The number of Topliss-reactive ketones (excluding diaryl/α,β-unsaturated/α-hetero) is 1. The largest absolute Gasteiger partial charge is 0.493 e. The van der Waals surface area contributed by atoms with Gasteiger partial charge in [0.05, 0.1) is 13.0 Å². The number of unbranched alkanes of at least 4 members (excludes halogenated alkanes) is 2. The highest BCUT2D eigenvalue weighted by molar-refractivity contribution is 5.99. The summed E-state index contributed by atoms with van der Waals surface area (Å²) in [5.74, 6) is 0.111. The second kappa shape index (κ2) is 16.1. The summed E-state index contributed by atoms with van der Waals surface area (Å²) < 4.78 is 6.20. The number of aliphatic hydroxyl groups excluding tert-OH is 1. The van der Waals surface area contributed by atoms with E-state index in [2.05, 4.69) is 54.6 Å². The lowest BCUT2D eigenvalue weighted by atomic mass is 9.87. The van der Waals surface area contributed by atoms with Gasteiger partial charge in [-0.1, -0.05) is 90.6 Å². The van der Waals surface area contributed by atoms with Gasteiger partial charge in [-0.15, -0.1) is 0 Å². The molecule has 2 N–H and O–H groups in total. The van der Waals surface area contributed by atoms with Crippen molar-refractivity contribution in [1.82, 2.24) is 0 Å². The highest BCUT2D eigenvalue weighted by Gasteiger charge is 2.43. The molecular weight excluding hydrogens is 524 g/mol. The van der Waals surface area contributed by atoms with Gasteiger partial charge in [0.25, 0.3) is 0 Å². The van der Waals surface area contributed by atoms with E-state index in [1.54, 1.807) is 6.08 Å². The third-order valence-corrected chi connectivity index (χ3v) is 8.36. The standard InChI is InChI=1S/C37H44O5/c38-28-34(39)32-15-9-13-30(17-19-32)26-31(21-22-37(23-24-37)27-36(40)41)18-20-33-14-6-7-16-35(33)42-25-8-2-5-12-29-10-3-1-4-11-29/h1,3-4,6-7,10-11,13-20,31,38H,2,5,8-9,12,21-28H2,(H,40,41)/b20-18+. The molecule has 2 aromatic carbocycles. The van der Waals surface area contributed by atoms with Crippen LogP contribution in [0.1, 0.15) is 75.3 Å². The second-order valence-corrected chi connectivity index (χ2v) is 11.7. The number of carboxylic acids is 1. The van der Waals surface area contributed by atoms with Gasteiger partial charge in [-0.3, -0.25) is 9.59 Å². The Labute approximate surface area is 250 Å². The second-order valence-electron chi connectivity index (χ2n) is 11.7. The van der Waals surface area contributed by atoms with E-state index in [1.165, 1.54) is 5.56 Å². The van der Waals surface area contributed by atoms with E-state index in [0.29, 0.717) is 18.6 Å². The first-order chi connectivity index (χ1) is 20.5. The summed E-state index contributed by atoms with van der Waals surface area (Å²) in [5, 5.41) is 18.6. The lowest BCUT2D eigenvalue weighted by Crippen LogP contribution is -2.11. The molecule has 2 aliphatic carbocycles. The SMILES string of the molecule is O=C(O)CC1(CCC(/C=C/c2ccccc2OCCCCCc2ccccc2)CC2=CCC=C(C(=O)CO)C=C2)CC1. The molecule has 0 radical (unpaired) electrons. The third-order valence-electron chi connectivity index (χ3n) is 8.36. The van der Waals surface area contributed by atoms with Crippen LogP contribution < -0.4 is 4.74 Å². The first-order valence-corrected chi connectivity index (χ1v) is 15.3. The van der Waals surface area contributed by atoms with Crippen LogP contribution in [-0.4, -0.2) is 35.2 Å². The van der Waals surface area contributed by atoms with Crippen LogP contribution in [0.3, 0.4) is 0 Å². The van der Waals surface area contributed by atoms with Crippen molar-refractivity contribution in [1.29, 1.82) is 0 Å². The Kier molecular flexibility index (Phi) is 12.0. The highest BCUT2D eigenvalue weighted by atomic mass is 16.5. The molecule has 1 unspecified atom stereocenters. The molecule has 0 bridgehead atoms. The molecule has 42 heavy (non-hydrogen) atoms. The summed E-state index contributed by atoms with van der Waals surface area (Å²) >= 11 is 0. The van der Waals surface area contributed by atoms with Crippen molar-refractivity contribution >= 4 is 17.8 Å². The van der Waals surface area contributed by atoms with E-state index in [-0.39, 0.29) is 23.5 Å². The summed E-state index contributed by atoms with van der Waals surface area (Å²) in [5.41, 5.74) is 4.05. The molecule has 0 aromatic heterocycles. The van der Waals surface area contributed by atoms with Crippen molar-refractivity contribution in [2.45, 2.75) is 70.6 Å². The highest BCUT2D eigenvalue weighted by Crippen LogP contribution is 2.53. The summed E-state index contributed by atoms with van der Waals surface area (Å²) in [4.78, 5) is 23.4. The van der Waals surface area contributed by atoms with Crippen molar-refractivity contribution < 1.29 is 24.5 Å². The Morgan fingerprint density at radius 3 is 2.50 bits per heavy atom. The number of hydrogen-bond acceptors (Lipinski definition) is 4. The van der Waals surface area contributed by atoms with Crippen molar-refractivity contribution in [2.24, 2.45) is 11.3 Å². The maximum Gasteiger partial charge on any atom is 0.303 e. The molecule has 4 rings (SSSR count).